The highest BCUT2D eigenvalue weighted by Gasteiger charge is 2.10. The number of nitrogens with zero attached hydrogens (tertiary/aromatic N) is 2. The van der Waals surface area contributed by atoms with Gasteiger partial charge in [-0.1, -0.05) is 22.9 Å². The first-order valence-electron chi connectivity index (χ1n) is 5.16. The van der Waals surface area contributed by atoms with E-state index in [1.165, 1.54) is 6.07 Å². The van der Waals surface area contributed by atoms with Crippen LogP contribution in [0.5, 0.6) is 0 Å². The third-order valence-corrected chi connectivity index (χ3v) is 3.70. The number of nitro groups is 1. The van der Waals surface area contributed by atoms with Crippen LogP contribution in [-0.4, -0.2) is 9.91 Å². The third-order valence-electron chi connectivity index (χ3n) is 2.38. The van der Waals surface area contributed by atoms with E-state index in [2.05, 4.69) is 10.3 Å². The lowest BCUT2D eigenvalue weighted by molar-refractivity contribution is -0.380. The van der Waals surface area contributed by atoms with E-state index < -0.39 is 4.92 Å². The van der Waals surface area contributed by atoms with E-state index >= 15 is 0 Å². The van der Waals surface area contributed by atoms with Crippen molar-refractivity contribution in [2.24, 2.45) is 0 Å². The second-order valence-electron chi connectivity index (χ2n) is 3.64. The smallest absolute Gasteiger partial charge is 0.324 e. The maximum atomic E-state index is 10.6. The van der Waals surface area contributed by atoms with Crippen molar-refractivity contribution in [3.05, 3.63) is 50.1 Å². The van der Waals surface area contributed by atoms with Gasteiger partial charge in [-0.2, -0.15) is 0 Å². The van der Waals surface area contributed by atoms with Gasteiger partial charge < -0.3 is 5.32 Å². The highest BCUT2D eigenvalue weighted by molar-refractivity contribution is 7.15. The molecule has 2 rings (SSSR count). The maximum absolute atomic E-state index is 10.6. The molecule has 0 saturated carbocycles. The molecule has 0 unspecified atom stereocenters. The van der Waals surface area contributed by atoms with Crippen LogP contribution >= 0.6 is 22.9 Å². The molecule has 0 fully saturated rings. The molecular formula is C11H10ClN3O2S. The first-order valence-corrected chi connectivity index (χ1v) is 6.35. The van der Waals surface area contributed by atoms with Crippen molar-refractivity contribution in [1.29, 1.82) is 0 Å². The van der Waals surface area contributed by atoms with Gasteiger partial charge in [0.1, 0.15) is 0 Å². The van der Waals surface area contributed by atoms with Crippen molar-refractivity contribution < 1.29 is 4.92 Å². The van der Waals surface area contributed by atoms with Crippen LogP contribution in [0.15, 0.2) is 24.4 Å². The van der Waals surface area contributed by atoms with Crippen LogP contribution in [0.1, 0.15) is 10.4 Å². The number of hydrogen-bond donors (Lipinski definition) is 1. The number of rotatable bonds is 4. The van der Waals surface area contributed by atoms with Gasteiger partial charge in [-0.25, -0.2) is 4.98 Å². The topological polar surface area (TPSA) is 68.1 Å². The minimum absolute atomic E-state index is 0.140. The van der Waals surface area contributed by atoms with E-state index in [4.69, 9.17) is 11.6 Å². The van der Waals surface area contributed by atoms with E-state index in [0.717, 1.165) is 27.5 Å². The summed E-state index contributed by atoms with van der Waals surface area (Å²) in [4.78, 5) is 15.0. The molecule has 0 spiro atoms. The summed E-state index contributed by atoms with van der Waals surface area (Å²) < 4.78 is 0. The van der Waals surface area contributed by atoms with Crippen molar-refractivity contribution in [2.45, 2.75) is 13.5 Å². The Morgan fingerprint density at radius 1 is 1.50 bits per heavy atom. The number of nitrogens with one attached hydrogen (secondary N) is 1. The lowest BCUT2D eigenvalue weighted by Gasteiger charge is -2.09. The fourth-order valence-corrected chi connectivity index (χ4v) is 2.50. The zero-order valence-corrected chi connectivity index (χ0v) is 11.1. The maximum Gasteiger partial charge on any atom is 0.324 e. The first-order chi connectivity index (χ1) is 8.58. The number of halogens is 1. The Morgan fingerprint density at radius 3 is 2.89 bits per heavy atom. The van der Waals surface area contributed by atoms with E-state index in [0.29, 0.717) is 11.7 Å². The Balaban J connectivity index is 2.09. The number of aromatic nitrogens is 1. The van der Waals surface area contributed by atoms with Crippen LogP contribution in [0, 0.1) is 17.0 Å². The van der Waals surface area contributed by atoms with Crippen LogP contribution in [0.4, 0.5) is 10.7 Å². The predicted octanol–water partition coefficient (Wildman–Crippen LogP) is 3.63. The molecule has 0 aliphatic carbocycles. The molecule has 0 radical (unpaired) electrons. The Morgan fingerprint density at radius 2 is 2.28 bits per heavy atom. The van der Waals surface area contributed by atoms with Crippen molar-refractivity contribution in [3.8, 4) is 0 Å². The Hall–Kier alpha value is -1.66. The van der Waals surface area contributed by atoms with Gasteiger partial charge in [-0.3, -0.25) is 10.1 Å². The number of thiophene rings is 1. The summed E-state index contributed by atoms with van der Waals surface area (Å²) >= 11 is 7.12. The Bertz CT molecular complexity index is 565. The van der Waals surface area contributed by atoms with Crippen LogP contribution in [0.25, 0.3) is 0 Å². The largest absolute Gasteiger partial charge is 0.377 e. The standard InChI is InChI=1S/C11H10ClN3O2S/c1-7-4-5-13-11(12)10(7)14-6-8-2-3-9(18-8)15(16)17/h2-5,14H,6H2,1H3. The molecule has 94 valence electrons. The van der Waals surface area contributed by atoms with Gasteiger partial charge in [-0.15, -0.1) is 0 Å². The zero-order chi connectivity index (χ0) is 13.1. The predicted molar refractivity (Wildman–Crippen MR) is 72.3 cm³/mol. The average molecular weight is 284 g/mol. The van der Waals surface area contributed by atoms with Gasteiger partial charge >= 0.3 is 5.00 Å². The minimum Gasteiger partial charge on any atom is -0.377 e. The molecule has 0 bridgehead atoms. The zero-order valence-electron chi connectivity index (χ0n) is 9.51. The van der Waals surface area contributed by atoms with Crippen molar-refractivity contribution in [1.82, 2.24) is 4.98 Å². The first kappa shape index (κ1) is 12.8. The molecule has 5 nitrogen and oxygen atoms in total. The van der Waals surface area contributed by atoms with Crippen molar-refractivity contribution >= 4 is 33.6 Å². The van der Waals surface area contributed by atoms with Gasteiger partial charge in [0, 0.05) is 23.7 Å². The van der Waals surface area contributed by atoms with Gasteiger partial charge in [0.15, 0.2) is 5.15 Å². The lowest BCUT2D eigenvalue weighted by atomic mass is 10.2. The summed E-state index contributed by atoms with van der Waals surface area (Å²) in [6.45, 7) is 2.41. The second-order valence-corrected chi connectivity index (χ2v) is 5.15. The summed E-state index contributed by atoms with van der Waals surface area (Å²) in [6, 6.07) is 5.08. The van der Waals surface area contributed by atoms with E-state index in [-0.39, 0.29) is 5.00 Å². The minimum atomic E-state index is -0.392. The van der Waals surface area contributed by atoms with E-state index in [9.17, 15) is 10.1 Å². The normalized spacial score (nSPS) is 10.3. The van der Waals surface area contributed by atoms with Gasteiger partial charge in [-0.05, 0) is 24.6 Å². The molecular weight excluding hydrogens is 274 g/mol. The highest BCUT2D eigenvalue weighted by Crippen LogP contribution is 2.27. The Kier molecular flexibility index (Phi) is 3.78. The number of anilines is 1. The molecule has 0 saturated heterocycles. The molecule has 0 aromatic carbocycles. The fraction of sp³-hybridized carbons (Fsp3) is 0.182. The summed E-state index contributed by atoms with van der Waals surface area (Å²) in [5.74, 6) is 0. The average Bonchev–Trinajstić information content (AvgIpc) is 2.77. The molecule has 0 aliphatic rings. The summed E-state index contributed by atoms with van der Waals surface area (Å²) in [5.41, 5.74) is 1.75. The fourth-order valence-electron chi connectivity index (χ4n) is 1.47. The van der Waals surface area contributed by atoms with Crippen LogP contribution in [0.2, 0.25) is 5.15 Å². The molecule has 2 aromatic rings. The molecule has 2 heterocycles. The monoisotopic (exact) mass is 283 g/mol. The van der Waals surface area contributed by atoms with Gasteiger partial charge in [0.05, 0.1) is 10.6 Å². The van der Waals surface area contributed by atoms with Gasteiger partial charge in [0.25, 0.3) is 0 Å². The van der Waals surface area contributed by atoms with Gasteiger partial charge in [0.2, 0.25) is 0 Å². The molecule has 0 atom stereocenters. The third kappa shape index (κ3) is 2.77. The Labute approximate surface area is 113 Å². The van der Waals surface area contributed by atoms with Crippen LogP contribution in [-0.2, 0) is 6.54 Å². The van der Waals surface area contributed by atoms with Crippen LogP contribution in [0.3, 0.4) is 0 Å². The molecule has 18 heavy (non-hydrogen) atoms. The quantitative estimate of drug-likeness (QED) is 0.528. The highest BCUT2D eigenvalue weighted by atomic mass is 35.5. The molecule has 0 amide bonds. The van der Waals surface area contributed by atoms with Crippen molar-refractivity contribution in [3.63, 3.8) is 0 Å². The molecule has 2 aromatic heterocycles. The molecule has 7 heteroatoms. The van der Waals surface area contributed by atoms with Crippen LogP contribution < -0.4 is 5.32 Å². The lowest BCUT2D eigenvalue weighted by Crippen LogP contribution is -2.01. The van der Waals surface area contributed by atoms with E-state index in [1.807, 2.05) is 13.0 Å². The summed E-state index contributed by atoms with van der Waals surface area (Å²) in [6.07, 6.45) is 1.64. The second kappa shape index (κ2) is 5.32. The SMILES string of the molecule is Cc1ccnc(Cl)c1NCc1ccc([N+](=O)[O-])s1. The van der Waals surface area contributed by atoms with Crippen molar-refractivity contribution in [2.75, 3.05) is 5.32 Å². The summed E-state index contributed by atoms with van der Waals surface area (Å²) in [5, 5.41) is 14.2. The number of hydrogen-bond acceptors (Lipinski definition) is 5. The number of pyridine rings is 1. The molecule has 0 aliphatic heterocycles. The van der Waals surface area contributed by atoms with E-state index in [1.54, 1.807) is 12.3 Å². The molecule has 1 N–H and O–H groups in total. The number of aryl methyl sites for hydroxylation is 1. The summed E-state index contributed by atoms with van der Waals surface area (Å²) in [7, 11) is 0.